The Balaban J connectivity index is 1.94. The molecule has 16 heavy (non-hydrogen) atoms. The fourth-order valence-electron chi connectivity index (χ4n) is 2.54. The van der Waals surface area contributed by atoms with Crippen molar-refractivity contribution in [2.75, 3.05) is 13.6 Å². The third-order valence-electron chi connectivity index (χ3n) is 3.38. The molecule has 1 aliphatic heterocycles. The minimum Gasteiger partial charge on any atom is -0.489 e. The van der Waals surface area contributed by atoms with Crippen LogP contribution in [0.1, 0.15) is 20.3 Å². The smallest absolute Gasteiger partial charge is 0.119 e. The van der Waals surface area contributed by atoms with E-state index in [9.17, 15) is 0 Å². The van der Waals surface area contributed by atoms with Gasteiger partial charge in [-0.2, -0.15) is 0 Å². The van der Waals surface area contributed by atoms with Gasteiger partial charge in [0.25, 0.3) is 0 Å². The van der Waals surface area contributed by atoms with Gasteiger partial charge in [-0.3, -0.25) is 4.90 Å². The van der Waals surface area contributed by atoms with E-state index in [1.807, 2.05) is 30.3 Å². The number of hydrogen-bond acceptors (Lipinski definition) is 2. The molecule has 1 aliphatic rings. The van der Waals surface area contributed by atoms with Gasteiger partial charge in [-0.1, -0.05) is 32.0 Å². The van der Waals surface area contributed by atoms with E-state index in [1.54, 1.807) is 0 Å². The standard InChI is InChI=1S/C14H21NO/c1-11(2)14-9-13(10-15(14)3)16-12-7-5-4-6-8-12/h4-8,11,13-14H,9-10H2,1-3H3. The summed E-state index contributed by atoms with van der Waals surface area (Å²) in [5.74, 6) is 1.69. The van der Waals surface area contributed by atoms with Crippen molar-refractivity contribution in [3.05, 3.63) is 30.3 Å². The lowest BCUT2D eigenvalue weighted by atomic mass is 10.0. The van der Waals surface area contributed by atoms with Crippen LogP contribution in [-0.2, 0) is 0 Å². The normalized spacial score (nSPS) is 26.2. The van der Waals surface area contributed by atoms with Crippen molar-refractivity contribution in [2.24, 2.45) is 5.92 Å². The van der Waals surface area contributed by atoms with Gasteiger partial charge in [-0.15, -0.1) is 0 Å². The highest BCUT2D eigenvalue weighted by Gasteiger charge is 2.32. The first-order valence-corrected chi connectivity index (χ1v) is 6.08. The number of para-hydroxylation sites is 1. The minimum absolute atomic E-state index is 0.347. The number of rotatable bonds is 3. The molecule has 0 spiro atoms. The Morgan fingerprint density at radius 2 is 1.94 bits per heavy atom. The molecule has 2 nitrogen and oxygen atoms in total. The molecular formula is C14H21NO. The van der Waals surface area contributed by atoms with Gasteiger partial charge >= 0.3 is 0 Å². The van der Waals surface area contributed by atoms with Crippen LogP contribution in [0.15, 0.2) is 30.3 Å². The molecule has 2 unspecified atom stereocenters. The number of hydrogen-bond donors (Lipinski definition) is 0. The van der Waals surface area contributed by atoms with Crippen LogP contribution in [0.4, 0.5) is 0 Å². The number of likely N-dealkylation sites (N-methyl/N-ethyl adjacent to an activating group) is 1. The SMILES string of the molecule is CC(C)C1CC(Oc2ccccc2)CN1C. The summed E-state index contributed by atoms with van der Waals surface area (Å²) in [5.41, 5.74) is 0. The van der Waals surface area contributed by atoms with E-state index in [-0.39, 0.29) is 0 Å². The Kier molecular flexibility index (Phi) is 3.49. The fourth-order valence-corrected chi connectivity index (χ4v) is 2.54. The first-order chi connectivity index (χ1) is 7.66. The monoisotopic (exact) mass is 219 g/mol. The zero-order chi connectivity index (χ0) is 11.5. The van der Waals surface area contributed by atoms with Crippen LogP contribution in [0, 0.1) is 5.92 Å². The van der Waals surface area contributed by atoms with E-state index in [2.05, 4.69) is 25.8 Å². The summed E-state index contributed by atoms with van der Waals surface area (Å²) in [5, 5.41) is 0. The molecule has 88 valence electrons. The summed E-state index contributed by atoms with van der Waals surface area (Å²) in [7, 11) is 2.19. The van der Waals surface area contributed by atoms with Gasteiger partial charge in [0.2, 0.25) is 0 Å². The topological polar surface area (TPSA) is 12.5 Å². The van der Waals surface area contributed by atoms with Crippen molar-refractivity contribution in [1.29, 1.82) is 0 Å². The highest BCUT2D eigenvalue weighted by Crippen LogP contribution is 2.25. The van der Waals surface area contributed by atoms with E-state index in [1.165, 1.54) is 0 Å². The van der Waals surface area contributed by atoms with Gasteiger partial charge in [0.1, 0.15) is 11.9 Å². The summed E-state index contributed by atoms with van der Waals surface area (Å²) in [4.78, 5) is 2.41. The van der Waals surface area contributed by atoms with Crippen molar-refractivity contribution in [1.82, 2.24) is 4.90 Å². The Bertz CT molecular complexity index is 323. The summed E-state index contributed by atoms with van der Waals surface area (Å²) in [6.07, 6.45) is 1.49. The van der Waals surface area contributed by atoms with Crippen LogP contribution >= 0.6 is 0 Å². The Hall–Kier alpha value is -1.02. The van der Waals surface area contributed by atoms with Crippen LogP contribution in [0.25, 0.3) is 0 Å². The first kappa shape index (κ1) is 11.5. The highest BCUT2D eigenvalue weighted by molar-refractivity contribution is 5.21. The van der Waals surface area contributed by atoms with E-state index in [0.29, 0.717) is 18.1 Å². The Morgan fingerprint density at radius 1 is 1.25 bits per heavy atom. The van der Waals surface area contributed by atoms with Crippen molar-refractivity contribution in [2.45, 2.75) is 32.4 Å². The molecule has 0 radical (unpaired) electrons. The molecule has 0 N–H and O–H groups in total. The van der Waals surface area contributed by atoms with E-state index < -0.39 is 0 Å². The molecule has 0 saturated carbocycles. The van der Waals surface area contributed by atoms with Crippen LogP contribution in [0.3, 0.4) is 0 Å². The zero-order valence-corrected chi connectivity index (χ0v) is 10.4. The third-order valence-corrected chi connectivity index (χ3v) is 3.38. The molecule has 2 rings (SSSR count). The van der Waals surface area contributed by atoms with Crippen LogP contribution in [-0.4, -0.2) is 30.6 Å². The summed E-state index contributed by atoms with van der Waals surface area (Å²) in [6, 6.07) is 10.8. The van der Waals surface area contributed by atoms with Gasteiger partial charge in [-0.05, 0) is 25.1 Å². The molecular weight excluding hydrogens is 198 g/mol. The largest absolute Gasteiger partial charge is 0.489 e. The van der Waals surface area contributed by atoms with Crippen LogP contribution in [0.5, 0.6) is 5.75 Å². The lowest BCUT2D eigenvalue weighted by molar-refractivity contribution is 0.207. The quantitative estimate of drug-likeness (QED) is 0.775. The first-order valence-electron chi connectivity index (χ1n) is 6.08. The maximum atomic E-state index is 5.98. The molecule has 2 heteroatoms. The van der Waals surface area contributed by atoms with Crippen LogP contribution < -0.4 is 4.74 Å². The molecule has 1 fully saturated rings. The zero-order valence-electron chi connectivity index (χ0n) is 10.4. The highest BCUT2D eigenvalue weighted by atomic mass is 16.5. The maximum absolute atomic E-state index is 5.98. The fraction of sp³-hybridized carbons (Fsp3) is 0.571. The lowest BCUT2D eigenvalue weighted by Crippen LogP contribution is -2.29. The molecule has 1 heterocycles. The molecule has 1 aromatic rings. The van der Waals surface area contributed by atoms with Gasteiger partial charge < -0.3 is 4.74 Å². The average Bonchev–Trinajstić information content (AvgIpc) is 2.61. The van der Waals surface area contributed by atoms with Crippen molar-refractivity contribution in [3.63, 3.8) is 0 Å². The number of likely N-dealkylation sites (tertiary alicyclic amines) is 1. The lowest BCUT2D eigenvalue weighted by Gasteiger charge is -2.21. The summed E-state index contributed by atoms with van der Waals surface area (Å²) in [6.45, 7) is 5.61. The Morgan fingerprint density at radius 3 is 2.50 bits per heavy atom. The summed E-state index contributed by atoms with van der Waals surface area (Å²) < 4.78 is 5.98. The predicted molar refractivity (Wildman–Crippen MR) is 66.7 cm³/mol. The molecule has 0 amide bonds. The van der Waals surface area contributed by atoms with E-state index in [0.717, 1.165) is 18.7 Å². The second-order valence-corrected chi connectivity index (χ2v) is 5.04. The second kappa shape index (κ2) is 4.88. The molecule has 1 aromatic carbocycles. The van der Waals surface area contributed by atoms with Crippen molar-refractivity contribution >= 4 is 0 Å². The van der Waals surface area contributed by atoms with E-state index in [4.69, 9.17) is 4.74 Å². The minimum atomic E-state index is 0.347. The van der Waals surface area contributed by atoms with Crippen molar-refractivity contribution in [3.8, 4) is 5.75 Å². The van der Waals surface area contributed by atoms with Gasteiger partial charge in [0.05, 0.1) is 0 Å². The number of ether oxygens (including phenoxy) is 1. The summed E-state index contributed by atoms with van der Waals surface area (Å²) >= 11 is 0. The third kappa shape index (κ3) is 2.56. The van der Waals surface area contributed by atoms with Gasteiger partial charge in [0.15, 0.2) is 0 Å². The van der Waals surface area contributed by atoms with Gasteiger partial charge in [-0.25, -0.2) is 0 Å². The van der Waals surface area contributed by atoms with E-state index >= 15 is 0 Å². The van der Waals surface area contributed by atoms with Gasteiger partial charge in [0, 0.05) is 19.0 Å². The molecule has 0 bridgehead atoms. The number of benzene rings is 1. The maximum Gasteiger partial charge on any atom is 0.119 e. The second-order valence-electron chi connectivity index (χ2n) is 5.04. The van der Waals surface area contributed by atoms with Crippen LogP contribution in [0.2, 0.25) is 0 Å². The molecule has 0 aliphatic carbocycles. The predicted octanol–water partition coefficient (Wildman–Crippen LogP) is 2.79. The molecule has 2 atom stereocenters. The number of nitrogens with zero attached hydrogens (tertiary/aromatic N) is 1. The molecule has 1 saturated heterocycles. The van der Waals surface area contributed by atoms with Crippen molar-refractivity contribution < 1.29 is 4.74 Å². The Labute approximate surface area is 98.2 Å². The average molecular weight is 219 g/mol. The molecule has 0 aromatic heterocycles.